The number of para-hydroxylation sites is 2. The maximum absolute atomic E-state index is 12.7. The molecule has 176 valence electrons. The first-order chi connectivity index (χ1) is 16.5. The second kappa shape index (κ2) is 10.7. The molecule has 0 aliphatic carbocycles. The van der Waals surface area contributed by atoms with Crippen molar-refractivity contribution in [2.45, 2.75) is 25.9 Å². The Morgan fingerprint density at radius 3 is 2.53 bits per heavy atom. The molecule has 1 fully saturated rings. The van der Waals surface area contributed by atoms with Gasteiger partial charge in [0.15, 0.2) is 0 Å². The summed E-state index contributed by atoms with van der Waals surface area (Å²) in [4.78, 5) is 38.0. The standard InChI is InChI=1S/C25H26N4O5/c30-24(19-10-12-28(13-11-19)22-8-1-2-9-23(22)29(32)33)26-16-18-5-3-6-20(15-18)25(31)27-17-21-7-4-14-34-21/h1-9,14-15,19H,10-13,16-17H2,(H,26,30)(H,27,31). The number of carbonyl (C=O) groups excluding carboxylic acids is 2. The summed E-state index contributed by atoms with van der Waals surface area (Å²) in [6.07, 6.45) is 2.79. The zero-order chi connectivity index (χ0) is 23.9. The summed E-state index contributed by atoms with van der Waals surface area (Å²) in [5, 5.41) is 17.1. The number of carbonyl (C=O) groups is 2. The maximum atomic E-state index is 12.7. The van der Waals surface area contributed by atoms with E-state index in [9.17, 15) is 19.7 Å². The lowest BCUT2D eigenvalue weighted by Crippen LogP contribution is -2.40. The molecule has 1 aliphatic heterocycles. The summed E-state index contributed by atoms with van der Waals surface area (Å²) in [5.74, 6) is 0.255. The van der Waals surface area contributed by atoms with Gasteiger partial charge >= 0.3 is 0 Å². The number of furan rings is 1. The quantitative estimate of drug-likeness (QED) is 0.390. The van der Waals surface area contributed by atoms with Crippen LogP contribution in [0.1, 0.15) is 34.5 Å². The van der Waals surface area contributed by atoms with Gasteiger partial charge in [0, 0.05) is 37.2 Å². The monoisotopic (exact) mass is 462 g/mol. The molecule has 3 aromatic rings. The molecule has 1 aliphatic rings. The summed E-state index contributed by atoms with van der Waals surface area (Å²) in [6.45, 7) is 1.78. The van der Waals surface area contributed by atoms with Gasteiger partial charge in [-0.15, -0.1) is 0 Å². The lowest BCUT2D eigenvalue weighted by molar-refractivity contribution is -0.384. The van der Waals surface area contributed by atoms with E-state index in [0.717, 1.165) is 5.56 Å². The Hall–Kier alpha value is -4.14. The molecule has 0 saturated carbocycles. The van der Waals surface area contributed by atoms with Crippen molar-refractivity contribution in [3.8, 4) is 0 Å². The molecule has 9 heteroatoms. The van der Waals surface area contributed by atoms with Crippen molar-refractivity contribution < 1.29 is 18.9 Å². The smallest absolute Gasteiger partial charge is 0.292 e. The van der Waals surface area contributed by atoms with Crippen LogP contribution in [0.15, 0.2) is 71.3 Å². The van der Waals surface area contributed by atoms with E-state index >= 15 is 0 Å². The van der Waals surface area contributed by atoms with Crippen molar-refractivity contribution in [2.24, 2.45) is 5.92 Å². The number of piperidine rings is 1. The molecule has 4 rings (SSSR count). The lowest BCUT2D eigenvalue weighted by Gasteiger charge is -2.32. The van der Waals surface area contributed by atoms with E-state index in [-0.39, 0.29) is 28.3 Å². The molecule has 0 bridgehead atoms. The molecular weight excluding hydrogens is 436 g/mol. The first kappa shape index (κ1) is 23.0. The van der Waals surface area contributed by atoms with Crippen molar-refractivity contribution in [3.63, 3.8) is 0 Å². The Labute approximate surface area is 196 Å². The predicted molar refractivity (Wildman–Crippen MR) is 126 cm³/mol. The van der Waals surface area contributed by atoms with Crippen LogP contribution in [0, 0.1) is 16.0 Å². The minimum Gasteiger partial charge on any atom is -0.467 e. The highest BCUT2D eigenvalue weighted by molar-refractivity contribution is 5.94. The van der Waals surface area contributed by atoms with Crippen LogP contribution < -0.4 is 15.5 Å². The van der Waals surface area contributed by atoms with Crippen LogP contribution in [-0.4, -0.2) is 29.8 Å². The zero-order valence-corrected chi connectivity index (χ0v) is 18.6. The second-order valence-corrected chi connectivity index (χ2v) is 8.19. The van der Waals surface area contributed by atoms with E-state index in [4.69, 9.17) is 4.42 Å². The number of nitrogens with zero attached hydrogens (tertiary/aromatic N) is 2. The topological polar surface area (TPSA) is 118 Å². The van der Waals surface area contributed by atoms with Gasteiger partial charge in [-0.25, -0.2) is 0 Å². The van der Waals surface area contributed by atoms with Gasteiger partial charge in [0.25, 0.3) is 11.6 Å². The third-order valence-corrected chi connectivity index (χ3v) is 5.94. The molecule has 0 radical (unpaired) electrons. The van der Waals surface area contributed by atoms with E-state index < -0.39 is 0 Å². The normalized spacial score (nSPS) is 13.9. The first-order valence-corrected chi connectivity index (χ1v) is 11.2. The fraction of sp³-hybridized carbons (Fsp3) is 0.280. The molecule has 0 atom stereocenters. The van der Waals surface area contributed by atoms with Gasteiger partial charge in [0.1, 0.15) is 11.4 Å². The summed E-state index contributed by atoms with van der Waals surface area (Å²) >= 11 is 0. The zero-order valence-electron chi connectivity index (χ0n) is 18.6. The lowest BCUT2D eigenvalue weighted by atomic mass is 9.95. The van der Waals surface area contributed by atoms with Crippen LogP contribution >= 0.6 is 0 Å². The van der Waals surface area contributed by atoms with Crippen LogP contribution in [0.5, 0.6) is 0 Å². The van der Waals surface area contributed by atoms with Crippen molar-refractivity contribution >= 4 is 23.2 Å². The number of nitro groups is 1. The highest BCUT2D eigenvalue weighted by Gasteiger charge is 2.28. The average Bonchev–Trinajstić information content (AvgIpc) is 3.40. The molecule has 0 spiro atoms. The minimum absolute atomic E-state index is 0.0464. The number of anilines is 1. The highest BCUT2D eigenvalue weighted by atomic mass is 16.6. The Morgan fingerprint density at radius 2 is 1.79 bits per heavy atom. The van der Waals surface area contributed by atoms with Gasteiger partial charge in [-0.2, -0.15) is 0 Å². The van der Waals surface area contributed by atoms with Gasteiger partial charge in [-0.3, -0.25) is 19.7 Å². The fourth-order valence-electron chi connectivity index (χ4n) is 4.11. The van der Waals surface area contributed by atoms with Crippen molar-refractivity contribution in [3.05, 3.63) is 93.9 Å². The van der Waals surface area contributed by atoms with Gasteiger partial charge in [-0.05, 0) is 48.7 Å². The number of benzene rings is 2. The Bertz CT molecular complexity index is 1150. The molecule has 2 heterocycles. The molecule has 2 aromatic carbocycles. The van der Waals surface area contributed by atoms with Gasteiger partial charge in [-0.1, -0.05) is 24.3 Å². The van der Waals surface area contributed by atoms with E-state index in [1.54, 1.807) is 54.8 Å². The molecule has 2 amide bonds. The third kappa shape index (κ3) is 5.61. The minimum atomic E-state index is -0.375. The molecule has 1 aromatic heterocycles. The van der Waals surface area contributed by atoms with E-state index in [0.29, 0.717) is 56.0 Å². The number of rotatable bonds is 8. The van der Waals surface area contributed by atoms with Crippen LogP contribution in [0.25, 0.3) is 0 Å². The summed E-state index contributed by atoms with van der Waals surface area (Å²) < 4.78 is 5.22. The van der Waals surface area contributed by atoms with E-state index in [2.05, 4.69) is 10.6 Å². The summed E-state index contributed by atoms with van der Waals surface area (Å²) in [5.41, 5.74) is 2.01. The van der Waals surface area contributed by atoms with Crippen LogP contribution in [-0.2, 0) is 17.9 Å². The summed E-state index contributed by atoms with van der Waals surface area (Å²) in [7, 11) is 0. The van der Waals surface area contributed by atoms with Gasteiger partial charge < -0.3 is 20.0 Å². The third-order valence-electron chi connectivity index (χ3n) is 5.94. The number of nitrogens with one attached hydrogen (secondary N) is 2. The highest BCUT2D eigenvalue weighted by Crippen LogP contribution is 2.31. The Kier molecular flexibility index (Phi) is 7.22. The molecule has 2 N–H and O–H groups in total. The number of nitro benzene ring substituents is 1. The largest absolute Gasteiger partial charge is 0.467 e. The molecule has 9 nitrogen and oxygen atoms in total. The maximum Gasteiger partial charge on any atom is 0.292 e. The van der Waals surface area contributed by atoms with Crippen LogP contribution in [0.4, 0.5) is 11.4 Å². The van der Waals surface area contributed by atoms with Crippen molar-refractivity contribution in [1.29, 1.82) is 0 Å². The van der Waals surface area contributed by atoms with Crippen molar-refractivity contribution in [2.75, 3.05) is 18.0 Å². The van der Waals surface area contributed by atoms with Crippen LogP contribution in [0.2, 0.25) is 0 Å². The first-order valence-electron chi connectivity index (χ1n) is 11.2. The summed E-state index contributed by atoms with van der Waals surface area (Å²) in [6, 6.07) is 17.4. The van der Waals surface area contributed by atoms with E-state index in [1.807, 2.05) is 11.0 Å². The molecule has 34 heavy (non-hydrogen) atoms. The van der Waals surface area contributed by atoms with Gasteiger partial charge in [0.05, 0.1) is 17.7 Å². The average molecular weight is 463 g/mol. The molecular formula is C25H26N4O5. The SMILES string of the molecule is O=C(NCc1ccco1)c1cccc(CNC(=O)C2CCN(c3ccccc3[N+](=O)[O-])CC2)c1. The Morgan fingerprint density at radius 1 is 1.00 bits per heavy atom. The number of hydrogen-bond donors (Lipinski definition) is 2. The molecule has 1 saturated heterocycles. The predicted octanol–water partition coefficient (Wildman–Crippen LogP) is 3.65. The Balaban J connectivity index is 1.27. The fourth-order valence-corrected chi connectivity index (χ4v) is 4.11. The second-order valence-electron chi connectivity index (χ2n) is 8.19. The molecule has 0 unspecified atom stereocenters. The van der Waals surface area contributed by atoms with Gasteiger partial charge in [0.2, 0.25) is 5.91 Å². The number of hydrogen-bond acceptors (Lipinski definition) is 6. The number of amides is 2. The van der Waals surface area contributed by atoms with Crippen LogP contribution in [0.3, 0.4) is 0 Å². The van der Waals surface area contributed by atoms with Crippen molar-refractivity contribution in [1.82, 2.24) is 10.6 Å². The van der Waals surface area contributed by atoms with E-state index in [1.165, 1.54) is 6.07 Å².